The van der Waals surface area contributed by atoms with Crippen molar-refractivity contribution in [1.82, 2.24) is 14.9 Å². The molecule has 138 valence electrons. The summed E-state index contributed by atoms with van der Waals surface area (Å²) in [4.78, 5) is 11.7. The molecule has 27 heavy (non-hydrogen) atoms. The highest BCUT2D eigenvalue weighted by molar-refractivity contribution is 6.35. The van der Waals surface area contributed by atoms with Crippen LogP contribution in [0, 0.1) is 0 Å². The molecule has 0 saturated carbocycles. The van der Waals surface area contributed by atoms with Gasteiger partial charge in [0.1, 0.15) is 5.58 Å². The third-order valence-corrected chi connectivity index (χ3v) is 5.04. The lowest BCUT2D eigenvalue weighted by Gasteiger charge is -2.25. The Labute approximate surface area is 162 Å². The van der Waals surface area contributed by atoms with E-state index in [1.807, 2.05) is 62.6 Å². The van der Waals surface area contributed by atoms with Crippen molar-refractivity contribution in [1.29, 1.82) is 0 Å². The summed E-state index contributed by atoms with van der Waals surface area (Å²) in [5.74, 6) is 1.20. The monoisotopic (exact) mass is 380 g/mol. The molecule has 0 fully saturated rings. The first kappa shape index (κ1) is 17.9. The van der Waals surface area contributed by atoms with E-state index in [9.17, 15) is 0 Å². The van der Waals surface area contributed by atoms with E-state index >= 15 is 0 Å². The Kier molecular flexibility index (Phi) is 4.83. The van der Waals surface area contributed by atoms with E-state index in [-0.39, 0.29) is 6.04 Å². The maximum absolute atomic E-state index is 6.52. The van der Waals surface area contributed by atoms with Crippen LogP contribution in [-0.2, 0) is 0 Å². The van der Waals surface area contributed by atoms with Crippen LogP contribution in [0.4, 0.5) is 0 Å². The predicted octanol–water partition coefficient (Wildman–Crippen LogP) is 4.65. The summed E-state index contributed by atoms with van der Waals surface area (Å²) in [5.41, 5.74) is 8.35. The molecule has 0 radical (unpaired) electrons. The molecule has 0 aliphatic rings. The van der Waals surface area contributed by atoms with Crippen LogP contribution >= 0.6 is 11.6 Å². The fraction of sp³-hybridized carbons (Fsp3) is 0.238. The zero-order valence-corrected chi connectivity index (χ0v) is 16.1. The number of hydrogen-bond acceptors (Lipinski definition) is 5. The average Bonchev–Trinajstić information content (AvgIpc) is 3.09. The van der Waals surface area contributed by atoms with Gasteiger partial charge in [0.2, 0.25) is 0 Å². The lowest BCUT2D eigenvalue weighted by atomic mass is 10.0. The standard InChI is InChI=1S/C21H21ClN4O/c1-26(2)16(10-11-23)20-19-14(22)7-5-8-15(19)24-21(25-20)18-12-13-6-3-4-9-17(13)27-18/h3-9,12,16H,10-11,23H2,1-2H3. The van der Waals surface area contributed by atoms with Gasteiger partial charge in [-0.3, -0.25) is 0 Å². The second kappa shape index (κ2) is 7.27. The third kappa shape index (κ3) is 3.30. The predicted molar refractivity (Wildman–Crippen MR) is 110 cm³/mol. The summed E-state index contributed by atoms with van der Waals surface area (Å²) in [6.45, 7) is 0.554. The zero-order valence-electron chi connectivity index (χ0n) is 15.3. The Morgan fingerprint density at radius 3 is 2.67 bits per heavy atom. The zero-order chi connectivity index (χ0) is 19.0. The van der Waals surface area contributed by atoms with E-state index in [2.05, 4.69) is 4.90 Å². The summed E-state index contributed by atoms with van der Waals surface area (Å²) in [6, 6.07) is 15.6. The van der Waals surface area contributed by atoms with Gasteiger partial charge in [0.05, 0.1) is 22.3 Å². The molecule has 0 saturated heterocycles. The minimum absolute atomic E-state index is 0.0310. The van der Waals surface area contributed by atoms with Crippen LogP contribution in [0.1, 0.15) is 18.2 Å². The molecule has 0 aliphatic heterocycles. The smallest absolute Gasteiger partial charge is 0.196 e. The Bertz CT molecular complexity index is 1070. The third-order valence-electron chi connectivity index (χ3n) is 4.73. The summed E-state index contributed by atoms with van der Waals surface area (Å²) < 4.78 is 5.99. The van der Waals surface area contributed by atoms with Crippen molar-refractivity contribution in [2.75, 3.05) is 20.6 Å². The van der Waals surface area contributed by atoms with Gasteiger partial charge in [-0.1, -0.05) is 35.9 Å². The Balaban J connectivity index is 1.97. The maximum atomic E-state index is 6.52. The molecule has 2 aromatic heterocycles. The van der Waals surface area contributed by atoms with Gasteiger partial charge < -0.3 is 15.1 Å². The van der Waals surface area contributed by atoms with Gasteiger partial charge in [0.25, 0.3) is 0 Å². The minimum atomic E-state index is 0.0310. The maximum Gasteiger partial charge on any atom is 0.196 e. The van der Waals surface area contributed by atoms with Crippen LogP contribution in [0.15, 0.2) is 52.9 Å². The first-order chi connectivity index (χ1) is 13.1. The number of rotatable bonds is 5. The van der Waals surface area contributed by atoms with Gasteiger partial charge in [-0.2, -0.15) is 0 Å². The molecular weight excluding hydrogens is 360 g/mol. The van der Waals surface area contributed by atoms with Crippen molar-refractivity contribution in [2.24, 2.45) is 5.73 Å². The molecule has 1 unspecified atom stereocenters. The molecule has 0 amide bonds. The summed E-state index contributed by atoms with van der Waals surface area (Å²) in [5, 5.41) is 2.53. The molecule has 0 spiro atoms. The van der Waals surface area contributed by atoms with Crippen LogP contribution < -0.4 is 5.73 Å². The molecule has 6 heteroatoms. The van der Waals surface area contributed by atoms with Crippen molar-refractivity contribution < 1.29 is 4.42 Å². The average molecular weight is 381 g/mol. The highest BCUT2D eigenvalue weighted by atomic mass is 35.5. The van der Waals surface area contributed by atoms with Crippen LogP contribution in [-0.4, -0.2) is 35.5 Å². The number of aromatic nitrogens is 2. The number of fused-ring (bicyclic) bond motifs is 2. The van der Waals surface area contributed by atoms with Gasteiger partial charge in [-0.25, -0.2) is 9.97 Å². The molecule has 0 bridgehead atoms. The molecule has 4 aromatic rings. The first-order valence-corrected chi connectivity index (χ1v) is 9.28. The molecule has 1 atom stereocenters. The molecule has 2 heterocycles. The van der Waals surface area contributed by atoms with E-state index in [0.29, 0.717) is 23.2 Å². The van der Waals surface area contributed by atoms with Gasteiger partial charge in [0.15, 0.2) is 11.6 Å². The highest BCUT2D eigenvalue weighted by Crippen LogP contribution is 2.34. The van der Waals surface area contributed by atoms with Crippen molar-refractivity contribution in [3.8, 4) is 11.6 Å². The fourth-order valence-electron chi connectivity index (χ4n) is 3.41. The first-order valence-electron chi connectivity index (χ1n) is 8.90. The van der Waals surface area contributed by atoms with Crippen molar-refractivity contribution in [3.63, 3.8) is 0 Å². The quantitative estimate of drug-likeness (QED) is 0.546. The van der Waals surface area contributed by atoms with E-state index in [1.54, 1.807) is 0 Å². The van der Waals surface area contributed by atoms with E-state index in [4.69, 9.17) is 31.7 Å². The summed E-state index contributed by atoms with van der Waals surface area (Å²) >= 11 is 6.52. The molecular formula is C21H21ClN4O. The van der Waals surface area contributed by atoms with Gasteiger partial charge in [-0.15, -0.1) is 0 Å². The largest absolute Gasteiger partial charge is 0.453 e. The van der Waals surface area contributed by atoms with Gasteiger partial charge in [-0.05, 0) is 51.3 Å². The van der Waals surface area contributed by atoms with Gasteiger partial charge >= 0.3 is 0 Å². The Morgan fingerprint density at radius 1 is 1.11 bits per heavy atom. The number of halogens is 1. The molecule has 0 aliphatic carbocycles. The lowest BCUT2D eigenvalue weighted by molar-refractivity contribution is 0.283. The minimum Gasteiger partial charge on any atom is -0.453 e. The topological polar surface area (TPSA) is 68.2 Å². The SMILES string of the molecule is CN(C)C(CCN)c1nc(-c2cc3ccccc3o2)nc2cccc(Cl)c12. The number of para-hydroxylation sites is 1. The van der Waals surface area contributed by atoms with E-state index < -0.39 is 0 Å². The van der Waals surface area contributed by atoms with Crippen LogP contribution in [0.3, 0.4) is 0 Å². The number of furan rings is 1. The Morgan fingerprint density at radius 2 is 1.93 bits per heavy atom. The van der Waals surface area contributed by atoms with Crippen LogP contribution in [0.25, 0.3) is 33.5 Å². The summed E-state index contributed by atoms with van der Waals surface area (Å²) in [6.07, 6.45) is 0.768. The molecule has 2 aromatic carbocycles. The highest BCUT2D eigenvalue weighted by Gasteiger charge is 2.22. The van der Waals surface area contributed by atoms with E-state index in [0.717, 1.165) is 34.0 Å². The lowest BCUT2D eigenvalue weighted by Crippen LogP contribution is -2.24. The number of hydrogen-bond donors (Lipinski definition) is 1. The second-order valence-corrected chi connectivity index (χ2v) is 7.18. The molecule has 4 rings (SSSR count). The second-order valence-electron chi connectivity index (χ2n) is 6.77. The van der Waals surface area contributed by atoms with Crippen LogP contribution in [0.2, 0.25) is 5.02 Å². The number of nitrogens with two attached hydrogens (primary N) is 1. The van der Waals surface area contributed by atoms with E-state index in [1.165, 1.54) is 0 Å². The van der Waals surface area contributed by atoms with Crippen molar-refractivity contribution in [3.05, 3.63) is 59.2 Å². The normalized spacial score (nSPS) is 12.9. The van der Waals surface area contributed by atoms with Crippen molar-refractivity contribution in [2.45, 2.75) is 12.5 Å². The number of benzene rings is 2. The van der Waals surface area contributed by atoms with Crippen LogP contribution in [0.5, 0.6) is 0 Å². The molecule has 5 nitrogen and oxygen atoms in total. The Hall–Kier alpha value is -2.47. The summed E-state index contributed by atoms with van der Waals surface area (Å²) in [7, 11) is 4.04. The fourth-order valence-corrected chi connectivity index (χ4v) is 3.68. The number of nitrogens with zero attached hydrogens (tertiary/aromatic N) is 3. The van der Waals surface area contributed by atoms with Gasteiger partial charge in [0, 0.05) is 10.8 Å². The van der Waals surface area contributed by atoms with Crippen molar-refractivity contribution >= 4 is 33.5 Å². The molecule has 2 N–H and O–H groups in total.